The average Bonchev–Trinajstić information content (AvgIpc) is 2.92. The first-order valence-electron chi connectivity index (χ1n) is 6.11. The summed E-state index contributed by atoms with van der Waals surface area (Å²) in [7, 11) is -3.43. The van der Waals surface area contributed by atoms with Gasteiger partial charge in [-0.25, -0.2) is 8.42 Å². The number of hydrogen-bond donors (Lipinski definition) is 1. The van der Waals surface area contributed by atoms with E-state index in [2.05, 4.69) is 27.8 Å². The second-order valence-corrected chi connectivity index (χ2v) is 7.35. The van der Waals surface area contributed by atoms with Gasteiger partial charge in [0.15, 0.2) is 0 Å². The molecular formula is C13H15BrN2O3S. The molecule has 1 aliphatic rings. The SMILES string of the molecule is C=CS(=O)(=O)N1CC[C@@H](C(=O)Nc2ccc(Br)cc2)C1. The van der Waals surface area contributed by atoms with Crippen LogP contribution in [-0.2, 0) is 14.8 Å². The van der Waals surface area contributed by atoms with Gasteiger partial charge in [-0.2, -0.15) is 4.31 Å². The van der Waals surface area contributed by atoms with Crippen molar-refractivity contribution >= 4 is 37.5 Å². The Morgan fingerprint density at radius 3 is 2.65 bits per heavy atom. The van der Waals surface area contributed by atoms with Crippen LogP contribution in [0, 0.1) is 5.92 Å². The van der Waals surface area contributed by atoms with Crippen LogP contribution >= 0.6 is 15.9 Å². The lowest BCUT2D eigenvalue weighted by Gasteiger charge is -2.13. The molecule has 0 bridgehead atoms. The van der Waals surface area contributed by atoms with Crippen LogP contribution in [0.25, 0.3) is 0 Å². The van der Waals surface area contributed by atoms with Gasteiger partial charge in [-0.05, 0) is 30.7 Å². The molecule has 1 heterocycles. The minimum Gasteiger partial charge on any atom is -0.326 e. The number of nitrogens with one attached hydrogen (secondary N) is 1. The quantitative estimate of drug-likeness (QED) is 0.896. The second-order valence-electron chi connectivity index (χ2n) is 4.55. The third kappa shape index (κ3) is 3.47. The summed E-state index contributed by atoms with van der Waals surface area (Å²) in [5.74, 6) is -0.484. The van der Waals surface area contributed by atoms with Crippen LogP contribution in [0.1, 0.15) is 6.42 Å². The van der Waals surface area contributed by atoms with Gasteiger partial charge in [0.2, 0.25) is 15.9 Å². The largest absolute Gasteiger partial charge is 0.326 e. The monoisotopic (exact) mass is 358 g/mol. The molecule has 1 amide bonds. The van der Waals surface area contributed by atoms with Crippen LogP contribution in [0.15, 0.2) is 40.7 Å². The summed E-state index contributed by atoms with van der Waals surface area (Å²) in [6.07, 6.45) is 0.523. The van der Waals surface area contributed by atoms with Crippen LogP contribution in [0.5, 0.6) is 0 Å². The van der Waals surface area contributed by atoms with Crippen molar-refractivity contribution in [3.8, 4) is 0 Å². The van der Waals surface area contributed by atoms with Crippen molar-refractivity contribution in [2.24, 2.45) is 5.92 Å². The molecular weight excluding hydrogens is 344 g/mol. The summed E-state index contributed by atoms with van der Waals surface area (Å²) in [5, 5.41) is 3.71. The Morgan fingerprint density at radius 1 is 1.40 bits per heavy atom. The fourth-order valence-corrected chi connectivity index (χ4v) is 3.28. The van der Waals surface area contributed by atoms with Gasteiger partial charge in [-0.1, -0.05) is 22.5 Å². The number of sulfonamides is 1. The molecule has 7 heteroatoms. The lowest BCUT2D eigenvalue weighted by atomic mass is 10.1. The number of nitrogens with zero attached hydrogens (tertiary/aromatic N) is 1. The van der Waals surface area contributed by atoms with Gasteiger partial charge in [-0.3, -0.25) is 4.79 Å². The third-order valence-corrected chi connectivity index (χ3v) is 5.21. The van der Waals surface area contributed by atoms with Gasteiger partial charge in [0.05, 0.1) is 5.92 Å². The second kappa shape index (κ2) is 6.07. The van der Waals surface area contributed by atoms with E-state index in [1.807, 2.05) is 12.1 Å². The van der Waals surface area contributed by atoms with Crippen LogP contribution in [0.4, 0.5) is 5.69 Å². The number of anilines is 1. The number of hydrogen-bond acceptors (Lipinski definition) is 3. The first kappa shape index (κ1) is 15.2. The molecule has 1 aromatic carbocycles. The van der Waals surface area contributed by atoms with E-state index in [1.165, 1.54) is 4.31 Å². The van der Waals surface area contributed by atoms with Crippen molar-refractivity contribution in [2.45, 2.75) is 6.42 Å². The Bertz CT molecular complexity index is 613. The van der Waals surface area contributed by atoms with Crippen molar-refractivity contribution < 1.29 is 13.2 Å². The van der Waals surface area contributed by atoms with E-state index >= 15 is 0 Å². The Hall–Kier alpha value is -1.18. The van der Waals surface area contributed by atoms with Gasteiger partial charge in [-0.15, -0.1) is 0 Å². The standard InChI is InChI=1S/C13H15BrN2O3S/c1-2-20(18,19)16-8-7-10(9-16)13(17)15-12-5-3-11(14)4-6-12/h2-6,10H,1,7-9H2,(H,15,17)/t10-/m1/s1. The van der Waals surface area contributed by atoms with E-state index in [0.29, 0.717) is 18.7 Å². The summed E-state index contributed by atoms with van der Waals surface area (Å²) in [6, 6.07) is 7.24. The Balaban J connectivity index is 1.98. The van der Waals surface area contributed by atoms with E-state index in [-0.39, 0.29) is 18.4 Å². The van der Waals surface area contributed by atoms with Crippen molar-refractivity contribution in [3.05, 3.63) is 40.7 Å². The van der Waals surface area contributed by atoms with Crippen molar-refractivity contribution in [3.63, 3.8) is 0 Å². The zero-order valence-electron chi connectivity index (χ0n) is 10.8. The molecule has 2 rings (SSSR count). The zero-order chi connectivity index (χ0) is 14.8. The van der Waals surface area contributed by atoms with Crippen molar-refractivity contribution in [1.82, 2.24) is 4.31 Å². The highest BCUT2D eigenvalue weighted by molar-refractivity contribution is 9.10. The Labute approximate surface area is 126 Å². The summed E-state index contributed by atoms with van der Waals surface area (Å²) in [5.41, 5.74) is 0.697. The minimum atomic E-state index is -3.43. The molecule has 0 aromatic heterocycles. The number of carbonyl (C=O) groups is 1. The molecule has 1 saturated heterocycles. The lowest BCUT2D eigenvalue weighted by Crippen LogP contribution is -2.30. The van der Waals surface area contributed by atoms with Gasteiger partial charge in [0.1, 0.15) is 0 Å². The van der Waals surface area contributed by atoms with Crippen LogP contribution in [0.3, 0.4) is 0 Å². The molecule has 1 N–H and O–H groups in total. The van der Waals surface area contributed by atoms with Crippen LogP contribution in [-0.4, -0.2) is 31.7 Å². The molecule has 0 spiro atoms. The molecule has 108 valence electrons. The summed E-state index contributed by atoms with van der Waals surface area (Å²) in [4.78, 5) is 12.1. The molecule has 1 aromatic rings. The van der Waals surface area contributed by atoms with E-state index in [0.717, 1.165) is 9.88 Å². The Kier molecular flexibility index (Phi) is 4.62. The normalized spacial score (nSPS) is 19.8. The Morgan fingerprint density at radius 2 is 2.05 bits per heavy atom. The summed E-state index contributed by atoms with van der Waals surface area (Å²) < 4.78 is 25.5. The number of rotatable bonds is 4. The molecule has 1 aliphatic heterocycles. The van der Waals surface area contributed by atoms with Gasteiger partial charge < -0.3 is 5.32 Å². The summed E-state index contributed by atoms with van der Waals surface area (Å²) in [6.45, 7) is 3.85. The van der Waals surface area contributed by atoms with E-state index in [4.69, 9.17) is 0 Å². The highest BCUT2D eigenvalue weighted by atomic mass is 79.9. The molecule has 1 fully saturated rings. The van der Waals surface area contributed by atoms with Crippen molar-refractivity contribution in [2.75, 3.05) is 18.4 Å². The lowest BCUT2D eigenvalue weighted by molar-refractivity contribution is -0.119. The maximum absolute atomic E-state index is 12.1. The fourth-order valence-electron chi connectivity index (χ4n) is 2.06. The zero-order valence-corrected chi connectivity index (χ0v) is 13.2. The maximum Gasteiger partial charge on any atom is 0.235 e. The van der Waals surface area contributed by atoms with E-state index in [1.54, 1.807) is 12.1 Å². The molecule has 0 aliphatic carbocycles. The first-order chi connectivity index (χ1) is 9.42. The average molecular weight is 359 g/mol. The third-order valence-electron chi connectivity index (χ3n) is 3.20. The highest BCUT2D eigenvalue weighted by Crippen LogP contribution is 2.22. The molecule has 0 saturated carbocycles. The van der Waals surface area contributed by atoms with E-state index in [9.17, 15) is 13.2 Å². The highest BCUT2D eigenvalue weighted by Gasteiger charge is 2.33. The maximum atomic E-state index is 12.1. The van der Waals surface area contributed by atoms with Crippen molar-refractivity contribution in [1.29, 1.82) is 0 Å². The number of carbonyl (C=O) groups excluding carboxylic acids is 1. The van der Waals surface area contributed by atoms with Crippen LogP contribution < -0.4 is 5.32 Å². The topological polar surface area (TPSA) is 66.5 Å². The van der Waals surface area contributed by atoms with Gasteiger partial charge in [0, 0.05) is 28.7 Å². The fraction of sp³-hybridized carbons (Fsp3) is 0.308. The van der Waals surface area contributed by atoms with Gasteiger partial charge >= 0.3 is 0 Å². The number of benzene rings is 1. The van der Waals surface area contributed by atoms with Crippen LogP contribution in [0.2, 0.25) is 0 Å². The predicted octanol–water partition coefficient (Wildman–Crippen LogP) is 2.18. The number of halogens is 1. The number of amides is 1. The molecule has 5 nitrogen and oxygen atoms in total. The summed E-state index contributed by atoms with van der Waals surface area (Å²) >= 11 is 3.32. The minimum absolute atomic E-state index is 0.158. The molecule has 0 unspecified atom stereocenters. The van der Waals surface area contributed by atoms with Gasteiger partial charge in [0.25, 0.3) is 0 Å². The molecule has 0 radical (unpaired) electrons. The molecule has 1 atom stereocenters. The van der Waals surface area contributed by atoms with E-state index < -0.39 is 10.0 Å². The molecule has 20 heavy (non-hydrogen) atoms. The smallest absolute Gasteiger partial charge is 0.235 e. The predicted molar refractivity (Wildman–Crippen MR) is 81.6 cm³/mol. The first-order valence-corrected chi connectivity index (χ1v) is 8.41.